The van der Waals surface area contributed by atoms with Gasteiger partial charge in [0.2, 0.25) is 0 Å². The first-order chi connectivity index (χ1) is 11.2. The second kappa shape index (κ2) is 6.07. The van der Waals surface area contributed by atoms with Crippen LogP contribution in [0.1, 0.15) is 50.4 Å². The number of fused-ring (bicyclic) bond motifs is 2. The summed E-state index contributed by atoms with van der Waals surface area (Å²) < 4.78 is 5.20. The van der Waals surface area contributed by atoms with Crippen LogP contribution in [0.5, 0.6) is 0 Å². The number of nitrogens with zero attached hydrogens (tertiary/aromatic N) is 1. The number of carbonyl (C=O) groups is 2. The van der Waals surface area contributed by atoms with Gasteiger partial charge in [0.1, 0.15) is 0 Å². The van der Waals surface area contributed by atoms with Crippen LogP contribution in [0.2, 0.25) is 5.02 Å². The van der Waals surface area contributed by atoms with E-state index >= 15 is 0 Å². The number of likely N-dealkylation sites (tertiary alicyclic amines) is 1. The number of hydrogen-bond donors (Lipinski definition) is 0. The van der Waals surface area contributed by atoms with Crippen LogP contribution >= 0.6 is 11.6 Å². The van der Waals surface area contributed by atoms with E-state index in [0.29, 0.717) is 10.6 Å². The van der Waals surface area contributed by atoms with Crippen LogP contribution in [-0.2, 0) is 9.53 Å². The summed E-state index contributed by atoms with van der Waals surface area (Å²) in [5, 5.41) is 0.558. The van der Waals surface area contributed by atoms with Crippen molar-refractivity contribution in [2.45, 2.75) is 46.1 Å². The summed E-state index contributed by atoms with van der Waals surface area (Å²) in [4.78, 5) is 26.5. The quantitative estimate of drug-likeness (QED) is 0.777. The zero-order valence-electron chi connectivity index (χ0n) is 14.5. The second-order valence-electron chi connectivity index (χ2n) is 8.32. The molecule has 1 aromatic rings. The summed E-state index contributed by atoms with van der Waals surface area (Å²) >= 11 is 5.80. The number of esters is 1. The van der Waals surface area contributed by atoms with E-state index in [1.165, 1.54) is 0 Å². The molecule has 1 aliphatic carbocycles. The maximum atomic E-state index is 12.6. The average Bonchev–Trinajstić information content (AvgIpc) is 2.74. The van der Waals surface area contributed by atoms with Crippen molar-refractivity contribution in [1.29, 1.82) is 0 Å². The minimum atomic E-state index is -0.492. The lowest BCUT2D eigenvalue weighted by Crippen LogP contribution is -2.39. The van der Waals surface area contributed by atoms with E-state index in [9.17, 15) is 9.59 Å². The molecule has 1 saturated carbocycles. The van der Waals surface area contributed by atoms with Crippen molar-refractivity contribution < 1.29 is 14.3 Å². The highest BCUT2D eigenvalue weighted by Crippen LogP contribution is 2.52. The lowest BCUT2D eigenvalue weighted by Gasteiger charge is -2.39. The lowest BCUT2D eigenvalue weighted by atomic mass is 9.65. The fraction of sp³-hybridized carbons (Fsp3) is 0.579. The predicted octanol–water partition coefficient (Wildman–Crippen LogP) is 3.92. The van der Waals surface area contributed by atoms with Gasteiger partial charge in [-0.1, -0.05) is 32.4 Å². The van der Waals surface area contributed by atoms with E-state index in [0.717, 1.165) is 25.8 Å². The van der Waals surface area contributed by atoms with Crippen LogP contribution in [0, 0.1) is 10.8 Å². The molecule has 1 amide bonds. The molecule has 2 fully saturated rings. The normalized spacial score (nSPS) is 27.8. The van der Waals surface area contributed by atoms with E-state index in [1.807, 2.05) is 4.90 Å². The fourth-order valence-electron chi connectivity index (χ4n) is 4.63. The molecule has 0 radical (unpaired) electrons. The first-order valence-corrected chi connectivity index (χ1v) is 8.78. The Hall–Kier alpha value is -1.55. The van der Waals surface area contributed by atoms with E-state index in [4.69, 9.17) is 16.3 Å². The zero-order valence-corrected chi connectivity index (χ0v) is 15.2. The van der Waals surface area contributed by atoms with E-state index < -0.39 is 5.97 Å². The molecule has 0 N–H and O–H groups in total. The van der Waals surface area contributed by atoms with Gasteiger partial charge >= 0.3 is 5.97 Å². The van der Waals surface area contributed by atoms with Crippen molar-refractivity contribution >= 4 is 23.5 Å². The summed E-state index contributed by atoms with van der Waals surface area (Å²) in [6.45, 7) is 7.36. The van der Waals surface area contributed by atoms with Gasteiger partial charge in [0.05, 0.1) is 5.56 Å². The highest BCUT2D eigenvalue weighted by molar-refractivity contribution is 6.30. The number of halogens is 1. The van der Waals surface area contributed by atoms with Gasteiger partial charge in [-0.05, 0) is 54.4 Å². The second-order valence-corrected chi connectivity index (χ2v) is 8.75. The molecule has 1 saturated heterocycles. The highest BCUT2D eigenvalue weighted by atomic mass is 35.5. The third-order valence-electron chi connectivity index (χ3n) is 5.14. The lowest BCUT2D eigenvalue weighted by molar-refractivity contribution is -0.135. The molecule has 0 spiro atoms. The van der Waals surface area contributed by atoms with Crippen molar-refractivity contribution in [3.63, 3.8) is 0 Å². The zero-order chi connectivity index (χ0) is 17.5. The smallest absolute Gasteiger partial charge is 0.338 e. The Labute approximate surface area is 148 Å². The summed E-state index contributed by atoms with van der Waals surface area (Å²) in [6, 6.07) is 6.72. The average molecular weight is 350 g/mol. The van der Waals surface area contributed by atoms with Gasteiger partial charge in [-0.25, -0.2) is 4.79 Å². The molecule has 2 atom stereocenters. The molecule has 1 heterocycles. The number of carbonyl (C=O) groups excluding carboxylic acids is 2. The van der Waals surface area contributed by atoms with Crippen LogP contribution < -0.4 is 0 Å². The van der Waals surface area contributed by atoms with Gasteiger partial charge in [-0.15, -0.1) is 0 Å². The number of hydrogen-bond acceptors (Lipinski definition) is 3. The van der Waals surface area contributed by atoms with Crippen LogP contribution in [-0.4, -0.2) is 36.0 Å². The van der Waals surface area contributed by atoms with Crippen LogP contribution in [0.3, 0.4) is 0 Å². The minimum absolute atomic E-state index is 0.0938. The van der Waals surface area contributed by atoms with E-state index in [-0.39, 0.29) is 29.4 Å². The number of rotatable bonds is 3. The van der Waals surface area contributed by atoms with Crippen LogP contribution in [0.25, 0.3) is 0 Å². The minimum Gasteiger partial charge on any atom is -0.452 e. The molecule has 130 valence electrons. The van der Waals surface area contributed by atoms with Crippen molar-refractivity contribution in [3.05, 3.63) is 34.9 Å². The van der Waals surface area contributed by atoms with E-state index in [1.54, 1.807) is 24.3 Å². The molecular formula is C19H24ClNO3. The van der Waals surface area contributed by atoms with E-state index in [2.05, 4.69) is 20.8 Å². The Balaban J connectivity index is 1.60. The SMILES string of the molecule is CC1(C)C[C@@H]2C[C@](C)(CN2C(=O)COC(=O)c2ccc(Cl)cc2)C1. The third-order valence-corrected chi connectivity index (χ3v) is 5.39. The van der Waals surface area contributed by atoms with Gasteiger partial charge in [0.15, 0.2) is 6.61 Å². The molecule has 1 aliphatic heterocycles. The Bertz CT molecular complexity index is 655. The third kappa shape index (κ3) is 3.59. The molecule has 0 unspecified atom stereocenters. The number of ether oxygens (including phenoxy) is 1. The Morgan fingerprint density at radius 3 is 2.54 bits per heavy atom. The van der Waals surface area contributed by atoms with Crippen LogP contribution in [0.15, 0.2) is 24.3 Å². The maximum Gasteiger partial charge on any atom is 0.338 e. The van der Waals surface area contributed by atoms with Gasteiger partial charge < -0.3 is 9.64 Å². The van der Waals surface area contributed by atoms with Crippen molar-refractivity contribution in [2.24, 2.45) is 10.8 Å². The summed E-state index contributed by atoms with van der Waals surface area (Å²) in [6.07, 6.45) is 3.19. The molecular weight excluding hydrogens is 326 g/mol. The number of benzene rings is 1. The van der Waals surface area contributed by atoms with Gasteiger partial charge in [-0.2, -0.15) is 0 Å². The molecule has 1 aromatic carbocycles. The van der Waals surface area contributed by atoms with Gasteiger partial charge in [0, 0.05) is 17.6 Å². The molecule has 2 bridgehead atoms. The summed E-state index contributed by atoms with van der Waals surface area (Å²) in [5.74, 6) is -0.586. The van der Waals surface area contributed by atoms with Gasteiger partial charge in [0.25, 0.3) is 5.91 Å². The van der Waals surface area contributed by atoms with Crippen LogP contribution in [0.4, 0.5) is 0 Å². The molecule has 5 heteroatoms. The monoisotopic (exact) mass is 349 g/mol. The fourth-order valence-corrected chi connectivity index (χ4v) is 4.76. The largest absolute Gasteiger partial charge is 0.452 e. The molecule has 4 nitrogen and oxygen atoms in total. The Morgan fingerprint density at radius 1 is 1.21 bits per heavy atom. The van der Waals surface area contributed by atoms with Crippen molar-refractivity contribution in [2.75, 3.05) is 13.2 Å². The summed E-state index contributed by atoms with van der Waals surface area (Å²) in [5.41, 5.74) is 0.843. The summed E-state index contributed by atoms with van der Waals surface area (Å²) in [7, 11) is 0. The topological polar surface area (TPSA) is 46.6 Å². The molecule has 0 aromatic heterocycles. The first-order valence-electron chi connectivity index (χ1n) is 8.40. The molecule has 2 aliphatic rings. The van der Waals surface area contributed by atoms with Gasteiger partial charge in [-0.3, -0.25) is 4.79 Å². The molecule has 24 heavy (non-hydrogen) atoms. The Kier molecular flexibility index (Phi) is 4.37. The number of amides is 1. The molecule has 3 rings (SSSR count). The standard InChI is InChI=1S/C19H24ClNO3/c1-18(2)8-15-9-19(3,11-18)12-21(15)16(22)10-24-17(23)13-4-6-14(20)7-5-13/h4-7,15H,8-12H2,1-3H3/t15-,19+/m1/s1. The Morgan fingerprint density at radius 2 is 1.88 bits per heavy atom. The highest BCUT2D eigenvalue weighted by Gasteiger charge is 2.50. The maximum absolute atomic E-state index is 12.6. The first kappa shape index (κ1) is 17.3. The predicted molar refractivity (Wildman–Crippen MR) is 93.0 cm³/mol. The van der Waals surface area contributed by atoms with Crippen molar-refractivity contribution in [1.82, 2.24) is 4.90 Å². The van der Waals surface area contributed by atoms with Crippen molar-refractivity contribution in [3.8, 4) is 0 Å².